The van der Waals surface area contributed by atoms with Crippen LogP contribution in [0.4, 0.5) is 0 Å². The molecule has 2 unspecified atom stereocenters. The third-order valence-electron chi connectivity index (χ3n) is 2.72. The van der Waals surface area contributed by atoms with Crippen molar-refractivity contribution in [2.75, 3.05) is 19.8 Å². The van der Waals surface area contributed by atoms with E-state index >= 15 is 0 Å². The van der Waals surface area contributed by atoms with Gasteiger partial charge in [0.1, 0.15) is 12.4 Å². The number of ether oxygens (including phenoxy) is 1. The fourth-order valence-electron chi connectivity index (χ4n) is 1.74. The Bertz CT molecular complexity index is 327. The third kappa shape index (κ3) is 2.30. The van der Waals surface area contributed by atoms with Crippen LogP contribution in [0, 0.1) is 5.92 Å². The van der Waals surface area contributed by atoms with E-state index in [4.69, 9.17) is 9.84 Å². The van der Waals surface area contributed by atoms with Gasteiger partial charge in [0.25, 0.3) is 0 Å². The molecule has 0 fully saturated rings. The van der Waals surface area contributed by atoms with Gasteiger partial charge >= 0.3 is 0 Å². The van der Waals surface area contributed by atoms with Gasteiger partial charge in [-0.25, -0.2) is 0 Å². The van der Waals surface area contributed by atoms with E-state index in [9.17, 15) is 0 Å². The van der Waals surface area contributed by atoms with Gasteiger partial charge in [-0.05, 0) is 12.0 Å². The summed E-state index contributed by atoms with van der Waals surface area (Å²) in [6, 6.07) is 8.36. The maximum atomic E-state index is 8.93. The first-order chi connectivity index (χ1) is 7.31. The molecule has 1 heterocycles. The van der Waals surface area contributed by atoms with Crippen molar-refractivity contribution in [2.45, 2.75) is 13.0 Å². The Kier molecular flexibility index (Phi) is 3.23. The number of rotatable bonds is 4. The Morgan fingerprint density at radius 3 is 3.13 bits per heavy atom. The van der Waals surface area contributed by atoms with E-state index < -0.39 is 0 Å². The highest BCUT2D eigenvalue weighted by Crippen LogP contribution is 2.31. The molecule has 0 aromatic heterocycles. The molecule has 0 bridgehead atoms. The summed E-state index contributed by atoms with van der Waals surface area (Å²) in [4.78, 5) is 0. The van der Waals surface area contributed by atoms with Crippen molar-refractivity contribution in [2.24, 2.45) is 5.92 Å². The van der Waals surface area contributed by atoms with Crippen molar-refractivity contribution in [3.05, 3.63) is 29.8 Å². The Hall–Kier alpha value is -1.06. The van der Waals surface area contributed by atoms with Gasteiger partial charge in [0.2, 0.25) is 0 Å². The second-order valence-electron chi connectivity index (χ2n) is 4.10. The second kappa shape index (κ2) is 4.64. The van der Waals surface area contributed by atoms with E-state index in [1.807, 2.05) is 25.1 Å². The molecule has 0 radical (unpaired) electrons. The predicted molar refractivity (Wildman–Crippen MR) is 58.9 cm³/mol. The molecular formula is C12H17NO2. The monoisotopic (exact) mass is 207 g/mol. The third-order valence-corrected chi connectivity index (χ3v) is 2.72. The molecule has 3 nitrogen and oxygen atoms in total. The summed E-state index contributed by atoms with van der Waals surface area (Å²) in [5.74, 6) is 1.27. The molecule has 15 heavy (non-hydrogen) atoms. The van der Waals surface area contributed by atoms with Gasteiger partial charge < -0.3 is 15.2 Å². The van der Waals surface area contributed by atoms with Crippen molar-refractivity contribution in [3.63, 3.8) is 0 Å². The number of aliphatic hydroxyl groups excluding tert-OH is 1. The van der Waals surface area contributed by atoms with Crippen LogP contribution in [0.3, 0.4) is 0 Å². The molecule has 0 saturated heterocycles. The fourth-order valence-corrected chi connectivity index (χ4v) is 1.74. The maximum absolute atomic E-state index is 8.93. The van der Waals surface area contributed by atoms with E-state index in [0.717, 1.165) is 12.3 Å². The molecule has 3 heteroatoms. The molecule has 1 aliphatic rings. The van der Waals surface area contributed by atoms with Gasteiger partial charge in [0.05, 0.1) is 6.04 Å². The lowest BCUT2D eigenvalue weighted by atomic mass is 10.1. The molecule has 1 aliphatic heterocycles. The summed E-state index contributed by atoms with van der Waals surface area (Å²) in [5.41, 5.74) is 1.22. The van der Waals surface area contributed by atoms with Crippen LogP contribution < -0.4 is 10.1 Å². The van der Waals surface area contributed by atoms with Crippen LogP contribution in [0.2, 0.25) is 0 Å². The van der Waals surface area contributed by atoms with Gasteiger partial charge in [-0.1, -0.05) is 25.1 Å². The molecule has 1 aromatic carbocycles. The number of benzene rings is 1. The second-order valence-corrected chi connectivity index (χ2v) is 4.10. The standard InChI is InChI=1S/C12H17NO2/c1-9(7-14)6-13-11-8-15-12-5-3-2-4-10(11)12/h2-5,9,11,13-14H,6-8H2,1H3. The fraction of sp³-hybridized carbons (Fsp3) is 0.500. The molecule has 0 spiro atoms. The molecule has 2 rings (SSSR count). The van der Waals surface area contributed by atoms with Crippen LogP contribution in [-0.4, -0.2) is 24.9 Å². The number of nitrogens with one attached hydrogen (secondary N) is 1. The van der Waals surface area contributed by atoms with Crippen molar-refractivity contribution in [3.8, 4) is 5.75 Å². The molecule has 2 atom stereocenters. The number of aliphatic hydroxyl groups is 1. The minimum atomic E-state index is 0.224. The Morgan fingerprint density at radius 2 is 2.33 bits per heavy atom. The summed E-state index contributed by atoms with van der Waals surface area (Å²) in [6.45, 7) is 3.76. The van der Waals surface area contributed by atoms with Crippen LogP contribution in [0.1, 0.15) is 18.5 Å². The SMILES string of the molecule is CC(CO)CNC1COc2ccccc21. The maximum Gasteiger partial charge on any atom is 0.124 e. The zero-order chi connectivity index (χ0) is 10.7. The van der Waals surface area contributed by atoms with Crippen LogP contribution in [0.5, 0.6) is 5.75 Å². The van der Waals surface area contributed by atoms with Gasteiger partial charge in [-0.3, -0.25) is 0 Å². The average Bonchev–Trinajstić information content (AvgIpc) is 2.69. The van der Waals surface area contributed by atoms with Crippen molar-refractivity contribution in [1.82, 2.24) is 5.32 Å². The number of hydrogen-bond donors (Lipinski definition) is 2. The number of hydrogen-bond acceptors (Lipinski definition) is 3. The van der Waals surface area contributed by atoms with Crippen LogP contribution in [0.15, 0.2) is 24.3 Å². The molecule has 82 valence electrons. The Balaban J connectivity index is 1.96. The summed E-state index contributed by atoms with van der Waals surface area (Å²) in [6.07, 6.45) is 0. The first-order valence-corrected chi connectivity index (χ1v) is 5.37. The van der Waals surface area contributed by atoms with Gasteiger partial charge in [0.15, 0.2) is 0 Å². The Labute approximate surface area is 90.1 Å². The van der Waals surface area contributed by atoms with Crippen molar-refractivity contribution in [1.29, 1.82) is 0 Å². The molecule has 0 aliphatic carbocycles. The van der Waals surface area contributed by atoms with E-state index in [1.54, 1.807) is 0 Å². The number of para-hydroxylation sites is 1. The lowest BCUT2D eigenvalue weighted by Gasteiger charge is -2.14. The first kappa shape index (κ1) is 10.5. The minimum absolute atomic E-state index is 0.224. The van der Waals surface area contributed by atoms with Crippen molar-refractivity contribution < 1.29 is 9.84 Å². The molecular weight excluding hydrogens is 190 g/mol. The normalized spacial score (nSPS) is 20.8. The minimum Gasteiger partial charge on any atom is -0.491 e. The molecule has 2 N–H and O–H groups in total. The highest BCUT2D eigenvalue weighted by atomic mass is 16.5. The summed E-state index contributed by atoms with van der Waals surface area (Å²) in [7, 11) is 0. The van der Waals surface area contributed by atoms with E-state index in [2.05, 4.69) is 11.4 Å². The van der Waals surface area contributed by atoms with Crippen LogP contribution in [-0.2, 0) is 0 Å². The van der Waals surface area contributed by atoms with Gasteiger partial charge in [-0.2, -0.15) is 0 Å². The summed E-state index contributed by atoms with van der Waals surface area (Å²) in [5, 5.41) is 12.3. The first-order valence-electron chi connectivity index (χ1n) is 5.37. The quantitative estimate of drug-likeness (QED) is 0.782. The largest absolute Gasteiger partial charge is 0.491 e. The van der Waals surface area contributed by atoms with Crippen LogP contribution in [0.25, 0.3) is 0 Å². The van der Waals surface area contributed by atoms with Gasteiger partial charge in [-0.15, -0.1) is 0 Å². The zero-order valence-electron chi connectivity index (χ0n) is 8.94. The lowest BCUT2D eigenvalue weighted by Crippen LogP contribution is -2.28. The molecule has 1 aromatic rings. The Morgan fingerprint density at radius 1 is 1.53 bits per heavy atom. The summed E-state index contributed by atoms with van der Waals surface area (Å²) < 4.78 is 5.55. The topological polar surface area (TPSA) is 41.5 Å². The lowest BCUT2D eigenvalue weighted by molar-refractivity contribution is 0.225. The molecule has 0 saturated carbocycles. The predicted octanol–water partition coefficient (Wildman–Crippen LogP) is 1.34. The number of fused-ring (bicyclic) bond motifs is 1. The average molecular weight is 207 g/mol. The summed E-state index contributed by atoms with van der Waals surface area (Å²) >= 11 is 0. The van der Waals surface area contributed by atoms with E-state index in [-0.39, 0.29) is 18.6 Å². The zero-order valence-corrected chi connectivity index (χ0v) is 8.94. The van der Waals surface area contributed by atoms with E-state index in [1.165, 1.54) is 5.56 Å². The van der Waals surface area contributed by atoms with Crippen LogP contribution >= 0.6 is 0 Å². The highest BCUT2D eigenvalue weighted by molar-refractivity contribution is 5.39. The van der Waals surface area contributed by atoms with Gasteiger partial charge in [0, 0.05) is 18.7 Å². The smallest absolute Gasteiger partial charge is 0.124 e. The highest BCUT2D eigenvalue weighted by Gasteiger charge is 2.22. The van der Waals surface area contributed by atoms with Crippen molar-refractivity contribution >= 4 is 0 Å². The molecule has 0 amide bonds. The van der Waals surface area contributed by atoms with E-state index in [0.29, 0.717) is 6.61 Å².